The summed E-state index contributed by atoms with van der Waals surface area (Å²) in [5.74, 6) is 0.479. The first kappa shape index (κ1) is 31.3. The number of hydrogen-bond acceptors (Lipinski definition) is 9. The molecule has 0 aliphatic carbocycles. The Morgan fingerprint density at radius 3 is 2.62 bits per heavy atom. The second kappa shape index (κ2) is 13.5. The van der Waals surface area contributed by atoms with Crippen LogP contribution in [0.15, 0.2) is 40.9 Å². The monoisotopic (exact) mass is 601 g/mol. The van der Waals surface area contributed by atoms with E-state index in [1.807, 2.05) is 26.0 Å². The van der Waals surface area contributed by atoms with Crippen molar-refractivity contribution in [3.8, 4) is 11.5 Å². The summed E-state index contributed by atoms with van der Waals surface area (Å²) in [6.07, 6.45) is -0.336. The molecule has 0 bridgehead atoms. The van der Waals surface area contributed by atoms with Gasteiger partial charge in [0, 0.05) is 53.2 Å². The number of aliphatic hydroxyl groups excluding tert-OH is 1. The number of carbonyl (C=O) groups is 2. The average molecular weight is 602 g/mol. The summed E-state index contributed by atoms with van der Waals surface area (Å²) in [6, 6.07) is 10.8. The number of halogens is 1. The lowest BCUT2D eigenvalue weighted by Gasteiger charge is -2.32. The van der Waals surface area contributed by atoms with Gasteiger partial charge in [-0.1, -0.05) is 42.7 Å². The number of ether oxygens (including phenoxy) is 3. The highest BCUT2D eigenvalue weighted by atomic mass is 35.5. The Bertz CT molecular complexity index is 1410. The Morgan fingerprint density at radius 2 is 1.93 bits per heavy atom. The number of carbonyl (C=O) groups excluding carboxylic acids is 1. The predicted molar refractivity (Wildman–Crippen MR) is 154 cm³/mol. The molecule has 226 valence electrons. The first-order valence-corrected chi connectivity index (χ1v) is 14.1. The number of benzene rings is 2. The maximum absolute atomic E-state index is 14.2. The number of para-hydroxylation sites is 1. The Morgan fingerprint density at radius 1 is 1.14 bits per heavy atom. The van der Waals surface area contributed by atoms with Gasteiger partial charge in [-0.05, 0) is 37.1 Å². The molecule has 0 saturated heterocycles. The third kappa shape index (κ3) is 7.21. The van der Waals surface area contributed by atoms with Crippen LogP contribution in [0.25, 0.3) is 0 Å². The number of carboxylic acids is 1. The van der Waals surface area contributed by atoms with Gasteiger partial charge in [-0.25, -0.2) is 0 Å². The van der Waals surface area contributed by atoms with E-state index in [0.717, 1.165) is 0 Å². The number of anilines is 1. The second-order valence-electron chi connectivity index (χ2n) is 10.9. The molecule has 1 aliphatic heterocycles. The van der Waals surface area contributed by atoms with Crippen LogP contribution in [-0.2, 0) is 27.2 Å². The topological polar surface area (TPSA) is 144 Å². The molecule has 12 heteroatoms. The van der Waals surface area contributed by atoms with E-state index < -0.39 is 23.6 Å². The highest BCUT2D eigenvalue weighted by Gasteiger charge is 2.39. The fourth-order valence-corrected chi connectivity index (χ4v) is 5.09. The lowest BCUT2D eigenvalue weighted by molar-refractivity contribution is -0.137. The zero-order valence-electron chi connectivity index (χ0n) is 24.1. The summed E-state index contributed by atoms with van der Waals surface area (Å²) in [5, 5.41) is 23.4. The predicted octanol–water partition coefficient (Wildman–Crippen LogP) is 4.62. The van der Waals surface area contributed by atoms with Crippen LogP contribution in [0.5, 0.6) is 11.5 Å². The molecule has 0 spiro atoms. The van der Waals surface area contributed by atoms with Crippen LogP contribution in [0.4, 0.5) is 5.69 Å². The SMILES string of the molecule is COc1cccc([C@H]2O[C@H](CCCc3noc(CCC(=O)O)n3)C(=O)N(CC(C)(C)CO)c3ccc(Cl)cc32)c1OC. The van der Waals surface area contributed by atoms with Crippen LogP contribution in [0.1, 0.15) is 62.1 Å². The molecule has 11 nitrogen and oxygen atoms in total. The van der Waals surface area contributed by atoms with Gasteiger partial charge in [0.2, 0.25) is 5.89 Å². The highest BCUT2D eigenvalue weighted by molar-refractivity contribution is 6.30. The number of hydrogen-bond donors (Lipinski definition) is 2. The molecule has 2 heterocycles. The maximum Gasteiger partial charge on any atom is 0.303 e. The van der Waals surface area contributed by atoms with Gasteiger partial charge < -0.3 is 33.8 Å². The second-order valence-corrected chi connectivity index (χ2v) is 11.4. The molecule has 1 amide bonds. The van der Waals surface area contributed by atoms with Gasteiger partial charge >= 0.3 is 5.97 Å². The number of carboxylic acid groups (broad SMARTS) is 1. The summed E-state index contributed by atoms with van der Waals surface area (Å²) in [5.41, 5.74) is 1.38. The van der Waals surface area contributed by atoms with Gasteiger partial charge in [-0.15, -0.1) is 0 Å². The van der Waals surface area contributed by atoms with E-state index in [9.17, 15) is 14.7 Å². The van der Waals surface area contributed by atoms with Crippen molar-refractivity contribution >= 4 is 29.2 Å². The number of aliphatic hydroxyl groups is 1. The minimum Gasteiger partial charge on any atom is -0.493 e. The van der Waals surface area contributed by atoms with E-state index >= 15 is 0 Å². The Balaban J connectivity index is 1.70. The van der Waals surface area contributed by atoms with Crippen molar-refractivity contribution in [3.05, 3.63) is 64.3 Å². The number of aliphatic carboxylic acids is 1. The lowest BCUT2D eigenvalue weighted by atomic mass is 9.92. The van der Waals surface area contributed by atoms with Crippen LogP contribution in [0.2, 0.25) is 5.02 Å². The van der Waals surface area contributed by atoms with E-state index in [0.29, 0.717) is 58.4 Å². The first-order chi connectivity index (χ1) is 20.1. The summed E-state index contributed by atoms with van der Waals surface area (Å²) < 4.78 is 23.1. The third-order valence-corrected chi connectivity index (χ3v) is 7.30. The molecular formula is C30H36ClN3O8. The first-order valence-electron chi connectivity index (χ1n) is 13.7. The smallest absolute Gasteiger partial charge is 0.303 e. The largest absolute Gasteiger partial charge is 0.493 e. The summed E-state index contributed by atoms with van der Waals surface area (Å²) in [4.78, 5) is 30.9. The Kier molecular flexibility index (Phi) is 10.1. The average Bonchev–Trinajstić information content (AvgIpc) is 3.39. The van der Waals surface area contributed by atoms with Crippen molar-refractivity contribution in [3.63, 3.8) is 0 Å². The molecule has 2 N–H and O–H groups in total. The molecule has 3 aromatic rings. The Labute approximate surface area is 249 Å². The molecule has 2 atom stereocenters. The molecule has 0 saturated carbocycles. The minimum absolute atomic E-state index is 0.105. The van der Waals surface area contributed by atoms with Crippen molar-refractivity contribution in [2.75, 3.05) is 32.3 Å². The van der Waals surface area contributed by atoms with Gasteiger partial charge in [-0.2, -0.15) is 4.98 Å². The molecular weight excluding hydrogens is 566 g/mol. The summed E-state index contributed by atoms with van der Waals surface area (Å²) >= 11 is 6.48. The maximum atomic E-state index is 14.2. The van der Waals surface area contributed by atoms with Gasteiger partial charge in [-0.3, -0.25) is 9.59 Å². The number of nitrogens with zero attached hydrogens (tertiary/aromatic N) is 3. The van der Waals surface area contributed by atoms with E-state index in [2.05, 4.69) is 10.1 Å². The molecule has 4 rings (SSSR count). The van der Waals surface area contributed by atoms with Crippen LogP contribution in [0, 0.1) is 5.41 Å². The number of methoxy groups -OCH3 is 2. The van der Waals surface area contributed by atoms with Crippen molar-refractivity contribution in [2.45, 2.75) is 58.2 Å². The molecule has 42 heavy (non-hydrogen) atoms. The molecule has 0 radical (unpaired) electrons. The van der Waals surface area contributed by atoms with Gasteiger partial charge in [0.1, 0.15) is 12.2 Å². The standard InChI is InChI=1S/C30H36ClN3O8/c1-30(2,17-35)16-34-21-12-11-18(31)15-20(21)27(19-7-5-8-22(39-3)28(19)40-4)41-23(29(34)38)9-6-10-24-32-25(42-33-24)13-14-26(36)37/h5,7-8,11-12,15,23,27,35H,6,9-10,13-14,16-17H2,1-4H3,(H,36,37)/t23-,27-/m1/s1. The zero-order chi connectivity index (χ0) is 30.4. The highest BCUT2D eigenvalue weighted by Crippen LogP contribution is 2.45. The van der Waals surface area contributed by atoms with Crippen molar-refractivity contribution in [2.24, 2.45) is 5.41 Å². The molecule has 1 aliphatic rings. The van der Waals surface area contributed by atoms with Crippen LogP contribution >= 0.6 is 11.6 Å². The number of rotatable bonds is 13. The van der Waals surface area contributed by atoms with E-state index in [-0.39, 0.29) is 37.8 Å². The van der Waals surface area contributed by atoms with Crippen molar-refractivity contribution < 1.29 is 38.5 Å². The number of fused-ring (bicyclic) bond motifs is 1. The van der Waals surface area contributed by atoms with Crippen molar-refractivity contribution in [1.82, 2.24) is 10.1 Å². The summed E-state index contributed by atoms with van der Waals surface area (Å²) in [6.45, 7) is 3.89. The fourth-order valence-electron chi connectivity index (χ4n) is 4.91. The van der Waals surface area contributed by atoms with Crippen LogP contribution in [-0.4, -0.2) is 65.7 Å². The van der Waals surface area contributed by atoms with Crippen LogP contribution in [0.3, 0.4) is 0 Å². The molecule has 2 aromatic carbocycles. The number of aryl methyl sites for hydroxylation is 2. The minimum atomic E-state index is -0.947. The van der Waals surface area contributed by atoms with E-state index in [1.165, 1.54) is 0 Å². The normalized spacial score (nSPS) is 17.1. The van der Waals surface area contributed by atoms with Gasteiger partial charge in [0.25, 0.3) is 5.91 Å². The molecule has 1 aromatic heterocycles. The van der Waals surface area contributed by atoms with Crippen molar-refractivity contribution in [1.29, 1.82) is 0 Å². The zero-order valence-corrected chi connectivity index (χ0v) is 24.9. The fraction of sp³-hybridized carbons (Fsp3) is 0.467. The quantitative estimate of drug-likeness (QED) is 0.285. The Hall–Kier alpha value is -3.67. The number of aromatic nitrogens is 2. The molecule has 0 fully saturated rings. The van der Waals surface area contributed by atoms with Gasteiger partial charge in [0.15, 0.2) is 17.3 Å². The van der Waals surface area contributed by atoms with Crippen LogP contribution < -0.4 is 14.4 Å². The van der Waals surface area contributed by atoms with E-state index in [4.69, 9.17) is 35.4 Å². The summed E-state index contributed by atoms with van der Waals surface area (Å²) in [7, 11) is 3.10. The third-order valence-electron chi connectivity index (χ3n) is 7.06. The van der Waals surface area contributed by atoms with Gasteiger partial charge in [0.05, 0.1) is 20.6 Å². The number of amides is 1. The van der Waals surface area contributed by atoms with E-state index in [1.54, 1.807) is 43.4 Å². The lowest BCUT2D eigenvalue weighted by Crippen LogP contribution is -2.45. The molecule has 0 unspecified atom stereocenters.